The predicted molar refractivity (Wildman–Crippen MR) is 22.6 cm³/mol. The van der Waals surface area contributed by atoms with E-state index in [1.165, 1.54) is 0 Å². The van der Waals surface area contributed by atoms with Crippen LogP contribution in [-0.4, -0.2) is 6.72 Å². The molecule has 0 bridgehead atoms. The Labute approximate surface area is 46.4 Å². The number of hydrogen-bond acceptors (Lipinski definition) is 0. The van der Waals surface area contributed by atoms with Crippen molar-refractivity contribution in [1.29, 1.82) is 0 Å². The van der Waals surface area contributed by atoms with E-state index in [0.717, 1.165) is 0 Å². The second-order valence-corrected chi connectivity index (χ2v) is 2.87. The summed E-state index contributed by atoms with van der Waals surface area (Å²) in [6.07, 6.45) is 0. The predicted octanol–water partition coefficient (Wildman–Crippen LogP) is 1.83. The van der Waals surface area contributed by atoms with E-state index in [-0.39, 0.29) is 0 Å². The molecule has 0 saturated carbocycles. The molecule has 0 aromatic heterocycles. The van der Waals surface area contributed by atoms with Gasteiger partial charge in [-0.25, -0.2) is 0 Å². The van der Waals surface area contributed by atoms with Gasteiger partial charge in [-0.1, -0.05) is 0 Å². The van der Waals surface area contributed by atoms with Crippen LogP contribution >= 0.6 is 7.81 Å². The van der Waals surface area contributed by atoms with Crippen molar-refractivity contribution in [1.82, 2.24) is 0 Å². The van der Waals surface area contributed by atoms with Crippen molar-refractivity contribution >= 4 is 14.5 Å². The van der Waals surface area contributed by atoms with Crippen molar-refractivity contribution in [3.8, 4) is 0 Å². The van der Waals surface area contributed by atoms with Gasteiger partial charge in [-0.3, -0.25) is 5.41 Å². The van der Waals surface area contributed by atoms with Crippen molar-refractivity contribution in [3.63, 3.8) is 0 Å². The Morgan fingerprint density at radius 1 is 0.778 bits per heavy atom. The van der Waals surface area contributed by atoms with Gasteiger partial charge in [0.15, 0.2) is 0 Å². The maximum atomic E-state index is 9.87. The summed E-state index contributed by atoms with van der Waals surface area (Å²) < 4.78 is 59.2. The zero-order valence-corrected chi connectivity index (χ0v) is 4.89. The Hall–Kier alpha value is -0.320. The normalized spacial score (nSPS) is 18.4. The van der Waals surface area contributed by atoms with Gasteiger partial charge in [0.05, 0.1) is 0 Å². The summed E-state index contributed by atoms with van der Waals surface area (Å²) >= 11 is 0. The van der Waals surface area contributed by atoms with E-state index in [1.54, 1.807) is 0 Å². The van der Waals surface area contributed by atoms with E-state index in [1.807, 2.05) is 0 Å². The van der Waals surface area contributed by atoms with Crippen LogP contribution < -0.4 is 5.41 Å². The summed E-state index contributed by atoms with van der Waals surface area (Å²) in [6.45, 7) is 2.75. The van der Waals surface area contributed by atoms with Crippen molar-refractivity contribution in [2.45, 2.75) is 0 Å². The fourth-order valence-electron chi connectivity index (χ4n) is 0. The van der Waals surface area contributed by atoms with Gasteiger partial charge in [-0.2, -0.15) is 0 Å². The second kappa shape index (κ2) is 1.59. The molecule has 0 rings (SSSR count). The van der Waals surface area contributed by atoms with Crippen molar-refractivity contribution in [2.24, 2.45) is 0 Å². The molecule has 0 spiro atoms. The molecule has 0 aromatic carbocycles. The SMILES string of the molecule is C=[NH2+].F[P-](F)(F)(F)(F)F. The molecule has 2 N–H and O–H groups in total. The van der Waals surface area contributed by atoms with Crippen molar-refractivity contribution in [3.05, 3.63) is 0 Å². The van der Waals surface area contributed by atoms with Crippen LogP contribution in [-0.2, 0) is 0 Å². The van der Waals surface area contributed by atoms with E-state index < -0.39 is 7.81 Å². The first-order valence-electron chi connectivity index (χ1n) is 1.42. The molecule has 0 saturated heterocycles. The molecule has 60 valence electrons. The topological polar surface area (TPSA) is 25.6 Å². The Morgan fingerprint density at radius 2 is 0.778 bits per heavy atom. The molecular weight excluding hydrogens is 171 g/mol. The third-order valence-corrected chi connectivity index (χ3v) is 0. The summed E-state index contributed by atoms with van der Waals surface area (Å²) in [7, 11) is -10.7. The summed E-state index contributed by atoms with van der Waals surface area (Å²) in [5.74, 6) is 0. The van der Waals surface area contributed by atoms with Gasteiger partial charge in [0.25, 0.3) is 0 Å². The zero-order valence-electron chi connectivity index (χ0n) is 4.00. The van der Waals surface area contributed by atoms with Gasteiger partial charge in [-0.05, 0) is 0 Å². The monoisotopic (exact) mass is 175 g/mol. The first kappa shape index (κ1) is 11.5. The summed E-state index contributed by atoms with van der Waals surface area (Å²) in [6, 6.07) is 0. The molecule has 0 amide bonds. The van der Waals surface area contributed by atoms with Crippen LogP contribution in [0.25, 0.3) is 0 Å². The Balaban J connectivity index is 0. The van der Waals surface area contributed by atoms with Gasteiger partial charge in [0.2, 0.25) is 0 Å². The summed E-state index contributed by atoms with van der Waals surface area (Å²) in [5.41, 5.74) is 0. The van der Waals surface area contributed by atoms with Crippen LogP contribution in [0.4, 0.5) is 25.2 Å². The number of rotatable bonds is 0. The first-order valence-corrected chi connectivity index (χ1v) is 3.45. The third-order valence-electron chi connectivity index (χ3n) is 0. The van der Waals surface area contributed by atoms with E-state index >= 15 is 0 Å². The zero-order chi connectivity index (χ0) is 8.41. The summed E-state index contributed by atoms with van der Waals surface area (Å²) in [5, 5.41) is 4.25. The van der Waals surface area contributed by atoms with Gasteiger partial charge in [0.1, 0.15) is 6.72 Å². The fourth-order valence-corrected chi connectivity index (χ4v) is 0. The maximum absolute atomic E-state index is 10.7. The van der Waals surface area contributed by atoms with Gasteiger partial charge in [0, 0.05) is 0 Å². The van der Waals surface area contributed by atoms with Crippen LogP contribution in [0.15, 0.2) is 0 Å². The van der Waals surface area contributed by atoms with E-state index in [9.17, 15) is 25.2 Å². The number of nitrogens with two attached hydrogens (primary N) is 1. The van der Waals surface area contributed by atoms with Crippen LogP contribution in [0.1, 0.15) is 0 Å². The molecule has 0 atom stereocenters. The molecule has 9 heavy (non-hydrogen) atoms. The number of halogens is 6. The number of hydrogen-bond donors (Lipinski definition) is 1. The Bertz CT molecular complexity index is 82.4. The third kappa shape index (κ3) is 2420. The Kier molecular flexibility index (Phi) is 2.03. The minimum absolute atomic E-state index is 2.75. The Morgan fingerprint density at radius 3 is 0.778 bits per heavy atom. The molecule has 0 aromatic rings. The van der Waals surface area contributed by atoms with Gasteiger partial charge >= 0.3 is 33.0 Å². The average Bonchev–Trinajstić information content (AvgIpc) is 1.30. The minimum atomic E-state index is -10.7. The van der Waals surface area contributed by atoms with Gasteiger partial charge < -0.3 is 0 Å². The molecule has 0 aliphatic heterocycles. The molecule has 8 heteroatoms. The first-order chi connectivity index (χ1) is 3.45. The molecule has 0 unspecified atom stereocenters. The fraction of sp³-hybridized carbons (Fsp3) is 0. The van der Waals surface area contributed by atoms with E-state index in [4.69, 9.17) is 0 Å². The standard InChI is InChI=1S/CH3N.F6P/c1-2;1-7(2,3,4,5)6/h2H,1H2;/q;-1/p+1. The summed E-state index contributed by atoms with van der Waals surface area (Å²) in [4.78, 5) is 0. The van der Waals surface area contributed by atoms with Crippen molar-refractivity contribution in [2.75, 3.05) is 0 Å². The average molecular weight is 175 g/mol. The molecule has 0 fully saturated rings. The molecular formula is CH4F6NP. The van der Waals surface area contributed by atoms with Crippen LogP contribution in [0.5, 0.6) is 0 Å². The van der Waals surface area contributed by atoms with Crippen LogP contribution in [0.3, 0.4) is 0 Å². The quantitative estimate of drug-likeness (QED) is 0.330. The van der Waals surface area contributed by atoms with Crippen molar-refractivity contribution < 1.29 is 30.6 Å². The van der Waals surface area contributed by atoms with Gasteiger partial charge in [-0.15, -0.1) is 0 Å². The van der Waals surface area contributed by atoms with E-state index in [2.05, 4.69) is 12.1 Å². The molecule has 0 aliphatic rings. The molecule has 1 nitrogen and oxygen atoms in total. The van der Waals surface area contributed by atoms with Crippen LogP contribution in [0.2, 0.25) is 0 Å². The second-order valence-electron chi connectivity index (χ2n) is 0.958. The molecule has 0 heterocycles. The molecule has 0 radical (unpaired) electrons. The van der Waals surface area contributed by atoms with E-state index in [0.29, 0.717) is 0 Å². The van der Waals surface area contributed by atoms with Crippen LogP contribution in [0, 0.1) is 0 Å². The molecule has 0 aliphatic carbocycles.